The van der Waals surface area contributed by atoms with E-state index in [1.807, 2.05) is 79.7 Å². The third-order valence-electron chi connectivity index (χ3n) is 5.04. The average molecular weight is 345 g/mol. The van der Waals surface area contributed by atoms with E-state index in [0.717, 1.165) is 16.7 Å². The molecule has 4 rings (SSSR count). The van der Waals surface area contributed by atoms with Gasteiger partial charge in [0.2, 0.25) is 5.67 Å². The van der Waals surface area contributed by atoms with Crippen molar-refractivity contribution < 1.29 is 9.18 Å². The number of β-lactam (4-membered cyclic amide) rings is 1. The molecular formula is C23H20FNO. The Labute approximate surface area is 152 Å². The van der Waals surface area contributed by atoms with E-state index in [1.165, 1.54) is 0 Å². The first-order chi connectivity index (χ1) is 12.6. The highest BCUT2D eigenvalue weighted by molar-refractivity contribution is 5.94. The molecule has 0 aliphatic carbocycles. The van der Waals surface area contributed by atoms with Crippen LogP contribution < -0.4 is 0 Å². The van der Waals surface area contributed by atoms with Crippen LogP contribution >= 0.6 is 0 Å². The van der Waals surface area contributed by atoms with Crippen LogP contribution in [0.15, 0.2) is 84.9 Å². The molecule has 1 heterocycles. The van der Waals surface area contributed by atoms with Crippen molar-refractivity contribution in [2.45, 2.75) is 25.2 Å². The molecule has 130 valence electrons. The van der Waals surface area contributed by atoms with Gasteiger partial charge in [0.1, 0.15) is 6.04 Å². The van der Waals surface area contributed by atoms with Gasteiger partial charge in [-0.25, -0.2) is 4.39 Å². The molecule has 0 saturated carbocycles. The van der Waals surface area contributed by atoms with E-state index in [-0.39, 0.29) is 0 Å². The van der Waals surface area contributed by atoms with Crippen LogP contribution in [0.3, 0.4) is 0 Å². The Morgan fingerprint density at radius 1 is 0.885 bits per heavy atom. The quantitative estimate of drug-likeness (QED) is 0.613. The standard InChI is InChI=1S/C23H20FNO/c1-17-12-14-20(15-13-17)23(24)21(19-10-6-3-7-11-19)25(22(23)26)16-18-8-4-2-5-9-18/h2-15,21H,16H2,1H3/t21-,23+/m0/s1. The third-order valence-corrected chi connectivity index (χ3v) is 5.04. The monoisotopic (exact) mass is 345 g/mol. The SMILES string of the molecule is Cc1ccc([C@]2(F)C(=O)N(Cc3ccccc3)[C@H]2c2ccccc2)cc1. The van der Waals surface area contributed by atoms with E-state index in [2.05, 4.69) is 0 Å². The number of carbonyl (C=O) groups excluding carboxylic acids is 1. The van der Waals surface area contributed by atoms with Crippen molar-refractivity contribution in [3.05, 3.63) is 107 Å². The summed E-state index contributed by atoms with van der Waals surface area (Å²) in [6, 6.07) is 25.7. The zero-order chi connectivity index (χ0) is 18.1. The molecule has 0 N–H and O–H groups in total. The average Bonchev–Trinajstić information content (AvgIpc) is 2.69. The highest BCUT2D eigenvalue weighted by Gasteiger charge is 2.63. The molecule has 2 nitrogen and oxygen atoms in total. The number of likely N-dealkylation sites (tertiary alicyclic amines) is 1. The highest BCUT2D eigenvalue weighted by Crippen LogP contribution is 2.53. The summed E-state index contributed by atoms with van der Waals surface area (Å²) >= 11 is 0. The predicted molar refractivity (Wildman–Crippen MR) is 100 cm³/mol. The second-order valence-electron chi connectivity index (χ2n) is 6.81. The van der Waals surface area contributed by atoms with Crippen LogP contribution in [0, 0.1) is 6.92 Å². The fourth-order valence-electron chi connectivity index (χ4n) is 3.66. The number of halogens is 1. The summed E-state index contributed by atoms with van der Waals surface area (Å²) in [6.45, 7) is 2.35. The molecule has 1 fully saturated rings. The van der Waals surface area contributed by atoms with Crippen molar-refractivity contribution in [2.75, 3.05) is 0 Å². The molecule has 0 radical (unpaired) electrons. The molecule has 2 atom stereocenters. The van der Waals surface area contributed by atoms with Gasteiger partial charge in [-0.1, -0.05) is 90.5 Å². The van der Waals surface area contributed by atoms with E-state index in [1.54, 1.807) is 17.0 Å². The van der Waals surface area contributed by atoms with Gasteiger partial charge >= 0.3 is 0 Å². The molecular weight excluding hydrogens is 325 g/mol. The summed E-state index contributed by atoms with van der Waals surface area (Å²) in [4.78, 5) is 14.5. The Balaban J connectivity index is 1.74. The van der Waals surface area contributed by atoms with Crippen LogP contribution in [-0.2, 0) is 17.0 Å². The maximum absolute atomic E-state index is 16.1. The first-order valence-corrected chi connectivity index (χ1v) is 8.76. The molecule has 3 aromatic carbocycles. The summed E-state index contributed by atoms with van der Waals surface area (Å²) < 4.78 is 16.1. The Kier molecular flexibility index (Phi) is 4.08. The second kappa shape index (κ2) is 6.41. The van der Waals surface area contributed by atoms with E-state index in [4.69, 9.17) is 0 Å². The zero-order valence-corrected chi connectivity index (χ0v) is 14.6. The number of benzene rings is 3. The second-order valence-corrected chi connectivity index (χ2v) is 6.81. The number of hydrogen-bond acceptors (Lipinski definition) is 1. The van der Waals surface area contributed by atoms with Crippen molar-refractivity contribution in [3.63, 3.8) is 0 Å². The van der Waals surface area contributed by atoms with Crippen LogP contribution in [-0.4, -0.2) is 10.8 Å². The van der Waals surface area contributed by atoms with Crippen molar-refractivity contribution >= 4 is 5.91 Å². The number of rotatable bonds is 4. The van der Waals surface area contributed by atoms with Gasteiger partial charge in [-0.3, -0.25) is 4.79 Å². The number of aryl methyl sites for hydroxylation is 1. The normalized spacial score (nSPS) is 22.2. The molecule has 26 heavy (non-hydrogen) atoms. The Bertz CT molecular complexity index is 908. The third kappa shape index (κ3) is 2.60. The zero-order valence-electron chi connectivity index (χ0n) is 14.6. The fourth-order valence-corrected chi connectivity index (χ4v) is 3.66. The van der Waals surface area contributed by atoms with Crippen molar-refractivity contribution in [2.24, 2.45) is 0 Å². The summed E-state index contributed by atoms with van der Waals surface area (Å²) in [5.74, 6) is -0.473. The Morgan fingerprint density at radius 3 is 2.08 bits per heavy atom. The lowest BCUT2D eigenvalue weighted by Crippen LogP contribution is -2.63. The molecule has 3 aromatic rings. The van der Waals surface area contributed by atoms with Crippen molar-refractivity contribution in [3.8, 4) is 0 Å². The molecule has 0 bridgehead atoms. The Hall–Kier alpha value is -2.94. The minimum atomic E-state index is -2.02. The lowest BCUT2D eigenvalue weighted by molar-refractivity contribution is -0.181. The largest absolute Gasteiger partial charge is 0.324 e. The van der Waals surface area contributed by atoms with Crippen LogP contribution in [0.4, 0.5) is 4.39 Å². The van der Waals surface area contributed by atoms with Crippen molar-refractivity contribution in [1.82, 2.24) is 4.90 Å². The van der Waals surface area contributed by atoms with Gasteiger partial charge in [0.05, 0.1) is 0 Å². The van der Waals surface area contributed by atoms with Gasteiger partial charge in [-0.2, -0.15) is 0 Å². The Morgan fingerprint density at radius 2 is 1.46 bits per heavy atom. The van der Waals surface area contributed by atoms with Gasteiger partial charge in [-0.05, 0) is 18.1 Å². The van der Waals surface area contributed by atoms with E-state index >= 15 is 4.39 Å². The van der Waals surface area contributed by atoms with Crippen LogP contribution in [0.1, 0.15) is 28.3 Å². The van der Waals surface area contributed by atoms with E-state index in [0.29, 0.717) is 12.1 Å². The van der Waals surface area contributed by atoms with Gasteiger partial charge in [0.25, 0.3) is 5.91 Å². The number of carbonyl (C=O) groups is 1. The van der Waals surface area contributed by atoms with Crippen molar-refractivity contribution in [1.29, 1.82) is 0 Å². The lowest BCUT2D eigenvalue weighted by Gasteiger charge is -2.51. The van der Waals surface area contributed by atoms with Gasteiger partial charge in [-0.15, -0.1) is 0 Å². The van der Waals surface area contributed by atoms with E-state index < -0.39 is 17.6 Å². The molecule has 0 aromatic heterocycles. The first-order valence-electron chi connectivity index (χ1n) is 8.76. The summed E-state index contributed by atoms with van der Waals surface area (Å²) in [5, 5.41) is 0. The highest BCUT2D eigenvalue weighted by atomic mass is 19.1. The fraction of sp³-hybridized carbons (Fsp3) is 0.174. The van der Waals surface area contributed by atoms with Crippen LogP contribution in [0.2, 0.25) is 0 Å². The molecule has 0 unspecified atom stereocenters. The molecule has 1 aliphatic heterocycles. The van der Waals surface area contributed by atoms with Crippen LogP contribution in [0.25, 0.3) is 0 Å². The summed E-state index contributed by atoms with van der Waals surface area (Å²) in [7, 11) is 0. The minimum absolute atomic E-state index is 0.400. The molecule has 1 amide bonds. The van der Waals surface area contributed by atoms with E-state index in [9.17, 15) is 4.79 Å². The number of amides is 1. The maximum Gasteiger partial charge on any atom is 0.268 e. The number of nitrogens with zero attached hydrogens (tertiary/aromatic N) is 1. The lowest BCUT2D eigenvalue weighted by atomic mass is 9.74. The first kappa shape index (κ1) is 16.5. The van der Waals surface area contributed by atoms with Crippen LogP contribution in [0.5, 0.6) is 0 Å². The topological polar surface area (TPSA) is 20.3 Å². The predicted octanol–water partition coefficient (Wildman–Crippen LogP) is 4.94. The number of alkyl halides is 1. The number of hydrogen-bond donors (Lipinski definition) is 0. The smallest absolute Gasteiger partial charge is 0.268 e. The van der Waals surface area contributed by atoms with Gasteiger partial charge in [0, 0.05) is 12.1 Å². The van der Waals surface area contributed by atoms with Gasteiger partial charge in [0.15, 0.2) is 0 Å². The minimum Gasteiger partial charge on any atom is -0.324 e. The molecule has 3 heteroatoms. The maximum atomic E-state index is 16.1. The summed E-state index contributed by atoms with van der Waals surface area (Å²) in [6.07, 6.45) is 0. The molecule has 1 saturated heterocycles. The molecule has 1 aliphatic rings. The van der Waals surface area contributed by atoms with Gasteiger partial charge < -0.3 is 4.90 Å². The molecule has 0 spiro atoms. The summed E-state index contributed by atoms with van der Waals surface area (Å²) in [5.41, 5.74) is 1.25.